The molecule has 132 valence electrons. The molecule has 0 aliphatic rings. The third-order valence-electron chi connectivity index (χ3n) is 4.21. The van der Waals surface area contributed by atoms with Crippen molar-refractivity contribution in [2.75, 3.05) is 20.2 Å². The maximum Gasteiger partial charge on any atom is 0.302 e. The van der Waals surface area contributed by atoms with Gasteiger partial charge in [-0.05, 0) is 20.4 Å². The molecule has 0 saturated carbocycles. The Morgan fingerprint density at radius 2 is 1.64 bits per heavy atom. The van der Waals surface area contributed by atoms with E-state index in [0.717, 1.165) is 6.42 Å². The summed E-state index contributed by atoms with van der Waals surface area (Å²) >= 11 is 0. The van der Waals surface area contributed by atoms with Gasteiger partial charge in [-0.2, -0.15) is 0 Å². The van der Waals surface area contributed by atoms with Gasteiger partial charge in [0.1, 0.15) is 12.7 Å². The second-order valence-electron chi connectivity index (χ2n) is 6.51. The zero-order chi connectivity index (χ0) is 16.8. The molecule has 1 N–H and O–H groups in total. The van der Waals surface area contributed by atoms with E-state index in [0.29, 0.717) is 12.6 Å². The number of hydrogen-bond donors (Lipinski definition) is 1. The molecule has 0 aromatic rings. The van der Waals surface area contributed by atoms with Crippen LogP contribution in [0.2, 0.25) is 0 Å². The Morgan fingerprint density at radius 1 is 1.09 bits per heavy atom. The molecule has 0 radical (unpaired) electrons. The van der Waals surface area contributed by atoms with E-state index in [2.05, 4.69) is 18.7 Å². The zero-order valence-corrected chi connectivity index (χ0v) is 15.1. The quantitative estimate of drug-likeness (QED) is 0.392. The predicted octanol–water partition coefficient (Wildman–Crippen LogP) is 3.76. The van der Waals surface area contributed by atoms with Gasteiger partial charge < -0.3 is 14.7 Å². The van der Waals surface area contributed by atoms with Crippen molar-refractivity contribution in [2.24, 2.45) is 0 Å². The maximum atomic E-state index is 10.7. The van der Waals surface area contributed by atoms with Gasteiger partial charge in [0.2, 0.25) is 0 Å². The normalized spacial score (nSPS) is 14.1. The number of ether oxygens (including phenoxy) is 1. The van der Waals surface area contributed by atoms with Gasteiger partial charge in [-0.1, -0.05) is 58.3 Å². The number of likely N-dealkylation sites (N-methyl/N-ethyl adjacent to an activating group) is 1. The number of hydrogen-bond acceptors (Lipinski definition) is 4. The van der Waals surface area contributed by atoms with Gasteiger partial charge in [0.25, 0.3) is 0 Å². The molecule has 22 heavy (non-hydrogen) atoms. The standard InChI is InChI=1S/C18H37NO3/c1-5-6-7-8-9-10-11-12-13-16(2)19(4)14-18(21)15-22-17(3)20/h16,18,21H,5-15H2,1-4H3. The molecular formula is C18H37NO3. The van der Waals surface area contributed by atoms with Crippen LogP contribution in [0.4, 0.5) is 0 Å². The van der Waals surface area contributed by atoms with Crippen molar-refractivity contribution >= 4 is 5.97 Å². The van der Waals surface area contributed by atoms with Crippen LogP contribution in [0.25, 0.3) is 0 Å². The Hall–Kier alpha value is -0.610. The fourth-order valence-electron chi connectivity index (χ4n) is 2.57. The number of carbonyl (C=O) groups excluding carboxylic acids is 1. The summed E-state index contributed by atoms with van der Waals surface area (Å²) in [4.78, 5) is 12.9. The van der Waals surface area contributed by atoms with E-state index in [4.69, 9.17) is 4.74 Å². The molecule has 0 aliphatic carbocycles. The molecule has 0 spiro atoms. The number of carbonyl (C=O) groups is 1. The SMILES string of the molecule is CCCCCCCCCCC(C)N(C)CC(O)COC(C)=O. The predicted molar refractivity (Wildman–Crippen MR) is 92.0 cm³/mol. The second kappa shape index (κ2) is 14.0. The summed E-state index contributed by atoms with van der Waals surface area (Å²) in [7, 11) is 2.02. The monoisotopic (exact) mass is 315 g/mol. The van der Waals surface area contributed by atoms with Gasteiger partial charge in [-0.15, -0.1) is 0 Å². The Bertz CT molecular complexity index is 271. The van der Waals surface area contributed by atoms with Crippen LogP contribution in [0.1, 0.15) is 78.6 Å². The van der Waals surface area contributed by atoms with E-state index >= 15 is 0 Å². The largest absolute Gasteiger partial charge is 0.463 e. The molecular weight excluding hydrogens is 278 g/mol. The molecule has 0 amide bonds. The van der Waals surface area contributed by atoms with Crippen molar-refractivity contribution in [2.45, 2.75) is 90.7 Å². The average molecular weight is 315 g/mol. The molecule has 4 nitrogen and oxygen atoms in total. The van der Waals surface area contributed by atoms with Crippen molar-refractivity contribution in [3.8, 4) is 0 Å². The molecule has 2 atom stereocenters. The van der Waals surface area contributed by atoms with Crippen LogP contribution >= 0.6 is 0 Å². The van der Waals surface area contributed by atoms with E-state index in [1.807, 2.05) is 7.05 Å². The third-order valence-corrected chi connectivity index (χ3v) is 4.21. The summed E-state index contributed by atoms with van der Waals surface area (Å²) in [5.41, 5.74) is 0. The van der Waals surface area contributed by atoms with Crippen molar-refractivity contribution in [3.05, 3.63) is 0 Å². The first-order valence-corrected chi connectivity index (χ1v) is 8.99. The first-order chi connectivity index (χ1) is 10.5. The fourth-order valence-corrected chi connectivity index (χ4v) is 2.57. The minimum Gasteiger partial charge on any atom is -0.463 e. The number of nitrogens with zero attached hydrogens (tertiary/aromatic N) is 1. The first-order valence-electron chi connectivity index (χ1n) is 8.99. The van der Waals surface area contributed by atoms with Crippen LogP contribution in [0, 0.1) is 0 Å². The van der Waals surface area contributed by atoms with Crippen LogP contribution in [-0.2, 0) is 9.53 Å². The van der Waals surface area contributed by atoms with Gasteiger partial charge in [0.05, 0.1) is 0 Å². The fraction of sp³-hybridized carbons (Fsp3) is 0.944. The molecule has 4 heteroatoms. The highest BCUT2D eigenvalue weighted by Gasteiger charge is 2.14. The van der Waals surface area contributed by atoms with Gasteiger partial charge >= 0.3 is 5.97 Å². The average Bonchev–Trinajstić information content (AvgIpc) is 2.47. The molecule has 0 fully saturated rings. The van der Waals surface area contributed by atoms with Crippen LogP contribution in [0.3, 0.4) is 0 Å². The number of unbranched alkanes of at least 4 members (excludes halogenated alkanes) is 7. The molecule has 0 aromatic carbocycles. The number of aliphatic hydroxyl groups is 1. The van der Waals surface area contributed by atoms with E-state index in [-0.39, 0.29) is 12.6 Å². The Balaban J connectivity index is 3.56. The highest BCUT2D eigenvalue weighted by Crippen LogP contribution is 2.12. The van der Waals surface area contributed by atoms with E-state index < -0.39 is 6.10 Å². The first kappa shape index (κ1) is 21.4. The summed E-state index contributed by atoms with van der Waals surface area (Å²) in [6.07, 6.45) is 11.3. The number of aliphatic hydroxyl groups excluding tert-OH is 1. The summed E-state index contributed by atoms with van der Waals surface area (Å²) in [6.45, 7) is 6.44. The van der Waals surface area contributed by atoms with Gasteiger partial charge in [-0.3, -0.25) is 4.79 Å². The van der Waals surface area contributed by atoms with E-state index in [1.165, 1.54) is 58.3 Å². The highest BCUT2D eigenvalue weighted by molar-refractivity contribution is 5.65. The molecule has 0 heterocycles. The Morgan fingerprint density at radius 3 is 2.18 bits per heavy atom. The molecule has 2 unspecified atom stereocenters. The second-order valence-corrected chi connectivity index (χ2v) is 6.51. The summed E-state index contributed by atoms with van der Waals surface area (Å²) < 4.78 is 4.82. The van der Waals surface area contributed by atoms with Crippen molar-refractivity contribution in [1.29, 1.82) is 0 Å². The van der Waals surface area contributed by atoms with E-state index in [9.17, 15) is 9.90 Å². The maximum absolute atomic E-state index is 10.7. The van der Waals surface area contributed by atoms with Crippen molar-refractivity contribution in [3.63, 3.8) is 0 Å². The van der Waals surface area contributed by atoms with Gasteiger partial charge in [0, 0.05) is 19.5 Å². The summed E-state index contributed by atoms with van der Waals surface area (Å²) in [5, 5.41) is 9.81. The third kappa shape index (κ3) is 13.1. The Labute approximate surface area is 137 Å². The summed E-state index contributed by atoms with van der Waals surface area (Å²) in [5.74, 6) is -0.339. The smallest absolute Gasteiger partial charge is 0.302 e. The lowest BCUT2D eigenvalue weighted by Gasteiger charge is -2.26. The molecule has 0 aliphatic heterocycles. The Kier molecular flexibility index (Phi) is 13.6. The minimum absolute atomic E-state index is 0.0875. The van der Waals surface area contributed by atoms with E-state index in [1.54, 1.807) is 0 Å². The van der Waals surface area contributed by atoms with Gasteiger partial charge in [-0.25, -0.2) is 0 Å². The van der Waals surface area contributed by atoms with Crippen molar-refractivity contribution < 1.29 is 14.6 Å². The zero-order valence-electron chi connectivity index (χ0n) is 15.1. The molecule has 0 rings (SSSR count). The minimum atomic E-state index is -0.602. The lowest BCUT2D eigenvalue weighted by Crippen LogP contribution is -2.38. The van der Waals surface area contributed by atoms with Crippen LogP contribution in [0.15, 0.2) is 0 Å². The van der Waals surface area contributed by atoms with Crippen LogP contribution in [0.5, 0.6) is 0 Å². The number of esters is 1. The molecule has 0 aromatic heterocycles. The number of rotatable bonds is 14. The topological polar surface area (TPSA) is 49.8 Å². The molecule has 0 saturated heterocycles. The van der Waals surface area contributed by atoms with Crippen LogP contribution in [-0.4, -0.2) is 48.3 Å². The lowest BCUT2D eigenvalue weighted by atomic mass is 10.0. The summed E-state index contributed by atoms with van der Waals surface area (Å²) in [6, 6.07) is 0.451. The highest BCUT2D eigenvalue weighted by atomic mass is 16.5. The van der Waals surface area contributed by atoms with Gasteiger partial charge in [0.15, 0.2) is 0 Å². The van der Waals surface area contributed by atoms with Crippen molar-refractivity contribution in [1.82, 2.24) is 4.90 Å². The van der Waals surface area contributed by atoms with Crippen LogP contribution < -0.4 is 0 Å². The molecule has 0 bridgehead atoms. The lowest BCUT2D eigenvalue weighted by molar-refractivity contribution is -0.144.